The van der Waals surface area contributed by atoms with Gasteiger partial charge in [0.2, 0.25) is 5.91 Å². The van der Waals surface area contributed by atoms with Crippen LogP contribution in [0.2, 0.25) is 0 Å². The second-order valence-electron chi connectivity index (χ2n) is 10.6. The summed E-state index contributed by atoms with van der Waals surface area (Å²) in [4.78, 5) is 40.0. The van der Waals surface area contributed by atoms with Crippen LogP contribution in [0.3, 0.4) is 0 Å². The Morgan fingerprint density at radius 2 is 1.69 bits per heavy atom. The molecule has 42 heavy (non-hydrogen) atoms. The van der Waals surface area contributed by atoms with Gasteiger partial charge < -0.3 is 36.2 Å². The van der Waals surface area contributed by atoms with Crippen LogP contribution in [-0.4, -0.2) is 84.0 Å². The SMILES string of the molecule is CC/C=C(/Nc1ccc(CCC(=O)O)cc1)N1CCN(C)CC1.NC(=O)C1CCCN(C(=O)Nc2ccccc2F)C1. The summed E-state index contributed by atoms with van der Waals surface area (Å²) < 4.78 is 13.4. The Morgan fingerprint density at radius 3 is 2.31 bits per heavy atom. The van der Waals surface area contributed by atoms with Gasteiger partial charge in [0, 0.05) is 51.4 Å². The zero-order chi connectivity index (χ0) is 30.5. The van der Waals surface area contributed by atoms with Crippen LogP contribution in [-0.2, 0) is 16.0 Å². The monoisotopic (exact) mass is 582 g/mol. The van der Waals surface area contributed by atoms with Gasteiger partial charge in [-0.3, -0.25) is 9.59 Å². The van der Waals surface area contributed by atoms with E-state index in [2.05, 4.69) is 40.5 Å². The molecule has 2 heterocycles. The van der Waals surface area contributed by atoms with Gasteiger partial charge in [-0.25, -0.2) is 9.18 Å². The maximum absolute atomic E-state index is 13.4. The summed E-state index contributed by atoms with van der Waals surface area (Å²) in [5.74, 6) is -0.794. The molecule has 2 aromatic rings. The molecule has 1 unspecified atom stereocenters. The van der Waals surface area contributed by atoms with Crippen molar-refractivity contribution in [3.63, 3.8) is 0 Å². The van der Waals surface area contributed by atoms with Crippen LogP contribution < -0.4 is 16.4 Å². The van der Waals surface area contributed by atoms with Crippen molar-refractivity contribution in [2.24, 2.45) is 11.7 Å². The molecule has 10 nitrogen and oxygen atoms in total. The molecule has 11 heteroatoms. The lowest BCUT2D eigenvalue weighted by Gasteiger charge is -2.35. The maximum atomic E-state index is 13.4. The summed E-state index contributed by atoms with van der Waals surface area (Å²) in [6.45, 7) is 7.21. The molecule has 1 atom stereocenters. The van der Waals surface area contributed by atoms with Crippen molar-refractivity contribution >= 4 is 29.3 Å². The number of piperidine rings is 1. The van der Waals surface area contributed by atoms with Gasteiger partial charge >= 0.3 is 12.0 Å². The molecule has 4 rings (SSSR count). The first-order chi connectivity index (χ1) is 20.2. The minimum Gasteiger partial charge on any atom is -0.481 e. The number of benzene rings is 2. The normalized spacial score (nSPS) is 17.6. The Labute approximate surface area is 247 Å². The number of halogens is 1. The standard InChI is InChI=1S/C18H27N3O2.C13H16FN3O2/c1-3-4-17(21-13-11-20(2)12-14-21)19-16-8-5-15(6-9-16)7-10-18(22)23;14-10-5-1-2-6-11(10)16-13(19)17-7-3-4-9(8-17)12(15)18/h4-6,8-9,19H,3,7,10-14H2,1-2H3,(H,22,23);1-2,5-6,9H,3-4,7-8H2,(H2,15,18)(H,16,19)/b17-4-;. The smallest absolute Gasteiger partial charge is 0.321 e. The number of likely N-dealkylation sites (tertiary alicyclic amines) is 1. The van der Waals surface area contributed by atoms with Crippen molar-refractivity contribution in [2.75, 3.05) is 56.9 Å². The molecule has 0 aromatic heterocycles. The molecule has 0 saturated carbocycles. The summed E-state index contributed by atoms with van der Waals surface area (Å²) in [6, 6.07) is 13.6. The van der Waals surface area contributed by atoms with E-state index in [-0.39, 0.29) is 24.6 Å². The van der Waals surface area contributed by atoms with Crippen LogP contribution >= 0.6 is 0 Å². The van der Waals surface area contributed by atoms with Gasteiger partial charge in [0.15, 0.2) is 0 Å². The van der Waals surface area contributed by atoms with E-state index < -0.39 is 23.7 Å². The Morgan fingerprint density at radius 1 is 1.00 bits per heavy atom. The summed E-state index contributed by atoms with van der Waals surface area (Å²) in [6.07, 6.45) is 5.38. The lowest BCUT2D eigenvalue weighted by atomic mass is 9.98. The van der Waals surface area contributed by atoms with Crippen LogP contribution in [0, 0.1) is 11.7 Å². The van der Waals surface area contributed by atoms with E-state index in [4.69, 9.17) is 10.8 Å². The number of nitrogens with zero attached hydrogens (tertiary/aromatic N) is 3. The van der Waals surface area contributed by atoms with Gasteiger partial charge in [-0.15, -0.1) is 0 Å². The highest BCUT2D eigenvalue weighted by Gasteiger charge is 2.27. The van der Waals surface area contributed by atoms with Crippen molar-refractivity contribution in [1.29, 1.82) is 0 Å². The van der Waals surface area contributed by atoms with Gasteiger partial charge in [0.25, 0.3) is 0 Å². The summed E-state index contributed by atoms with van der Waals surface area (Å²) in [5, 5.41) is 14.7. The van der Waals surface area contributed by atoms with Gasteiger partial charge in [-0.05, 0) is 68.6 Å². The number of allylic oxidation sites excluding steroid dienone is 1. The molecule has 2 fully saturated rings. The number of primary amides is 1. The van der Waals surface area contributed by atoms with Crippen LogP contribution in [0.4, 0.5) is 20.6 Å². The predicted molar refractivity (Wildman–Crippen MR) is 162 cm³/mol. The van der Waals surface area contributed by atoms with Gasteiger partial charge in [-0.2, -0.15) is 0 Å². The van der Waals surface area contributed by atoms with Gasteiger partial charge in [0.05, 0.1) is 11.6 Å². The first-order valence-electron chi connectivity index (χ1n) is 14.5. The molecule has 2 aliphatic rings. The topological polar surface area (TPSA) is 131 Å². The fraction of sp³-hybridized carbons (Fsp3) is 0.452. The van der Waals surface area contributed by atoms with Crippen molar-refractivity contribution in [2.45, 2.75) is 39.0 Å². The number of likely N-dealkylation sites (N-methyl/N-ethyl adjacent to an activating group) is 1. The van der Waals surface area contributed by atoms with Crippen molar-refractivity contribution < 1.29 is 23.9 Å². The number of carbonyl (C=O) groups excluding carboxylic acids is 2. The quantitative estimate of drug-likeness (QED) is 0.349. The molecule has 2 aliphatic heterocycles. The van der Waals surface area contributed by atoms with E-state index in [1.54, 1.807) is 12.1 Å². The fourth-order valence-corrected chi connectivity index (χ4v) is 4.80. The third-order valence-electron chi connectivity index (χ3n) is 7.32. The number of aryl methyl sites for hydroxylation is 1. The van der Waals surface area contributed by atoms with Crippen LogP contribution in [0.5, 0.6) is 0 Å². The Balaban J connectivity index is 0.000000235. The largest absolute Gasteiger partial charge is 0.481 e. The number of carboxylic acid groups (broad SMARTS) is 1. The van der Waals surface area contributed by atoms with Gasteiger partial charge in [0.1, 0.15) is 11.6 Å². The van der Waals surface area contributed by atoms with E-state index in [1.807, 2.05) is 24.3 Å². The highest BCUT2D eigenvalue weighted by atomic mass is 19.1. The second-order valence-corrected chi connectivity index (χ2v) is 10.6. The number of nitrogens with two attached hydrogens (primary N) is 1. The number of amides is 3. The highest BCUT2D eigenvalue weighted by Crippen LogP contribution is 2.19. The van der Waals surface area contributed by atoms with Crippen molar-refractivity contribution in [3.05, 3.63) is 71.8 Å². The molecular weight excluding hydrogens is 539 g/mol. The third-order valence-corrected chi connectivity index (χ3v) is 7.32. The maximum Gasteiger partial charge on any atom is 0.321 e. The van der Waals surface area contributed by atoms with E-state index in [0.717, 1.165) is 50.3 Å². The average Bonchev–Trinajstić information content (AvgIpc) is 2.98. The summed E-state index contributed by atoms with van der Waals surface area (Å²) >= 11 is 0. The van der Waals surface area contributed by atoms with E-state index in [1.165, 1.54) is 22.9 Å². The third kappa shape index (κ3) is 10.4. The molecule has 0 radical (unpaired) electrons. The average molecular weight is 583 g/mol. The molecular formula is C31H43FN6O4. The number of carboxylic acids is 1. The molecule has 5 N–H and O–H groups in total. The lowest BCUT2D eigenvalue weighted by molar-refractivity contribution is -0.137. The zero-order valence-corrected chi connectivity index (χ0v) is 24.5. The Hall–Kier alpha value is -4.12. The number of urea groups is 1. The number of anilines is 2. The number of carbonyl (C=O) groups is 3. The number of nitrogens with one attached hydrogen (secondary N) is 2. The molecule has 2 saturated heterocycles. The van der Waals surface area contributed by atoms with Crippen LogP contribution in [0.25, 0.3) is 0 Å². The molecule has 3 amide bonds. The summed E-state index contributed by atoms with van der Waals surface area (Å²) in [7, 11) is 2.16. The number of hydrogen-bond acceptors (Lipinski definition) is 6. The lowest BCUT2D eigenvalue weighted by Crippen LogP contribution is -2.45. The Kier molecular flexibility index (Phi) is 12.6. The predicted octanol–water partition coefficient (Wildman–Crippen LogP) is 4.17. The fourth-order valence-electron chi connectivity index (χ4n) is 4.80. The second kappa shape index (κ2) is 16.4. The minimum absolute atomic E-state index is 0.133. The van der Waals surface area contributed by atoms with E-state index in [0.29, 0.717) is 19.4 Å². The molecule has 0 bridgehead atoms. The van der Waals surface area contributed by atoms with Gasteiger partial charge in [-0.1, -0.05) is 31.2 Å². The zero-order valence-electron chi connectivity index (χ0n) is 24.5. The van der Waals surface area contributed by atoms with E-state index >= 15 is 0 Å². The summed E-state index contributed by atoms with van der Waals surface area (Å²) in [5.41, 5.74) is 7.48. The highest BCUT2D eigenvalue weighted by molar-refractivity contribution is 5.90. The minimum atomic E-state index is -0.754. The van der Waals surface area contributed by atoms with E-state index in [9.17, 15) is 18.8 Å². The molecule has 0 aliphatic carbocycles. The number of rotatable bonds is 9. The van der Waals surface area contributed by atoms with Crippen molar-refractivity contribution in [3.8, 4) is 0 Å². The van der Waals surface area contributed by atoms with Crippen molar-refractivity contribution in [1.82, 2.24) is 14.7 Å². The number of aliphatic carboxylic acids is 1. The Bertz CT molecular complexity index is 1210. The molecule has 228 valence electrons. The first kappa shape index (κ1) is 32.4. The first-order valence-corrected chi connectivity index (χ1v) is 14.5. The molecule has 0 spiro atoms. The van der Waals surface area contributed by atoms with Crippen LogP contribution in [0.15, 0.2) is 60.4 Å². The number of piperazine rings is 1. The molecule has 2 aromatic carbocycles. The number of hydrogen-bond donors (Lipinski definition) is 4. The van der Waals surface area contributed by atoms with Crippen LogP contribution in [0.1, 0.15) is 38.2 Å². The number of para-hydroxylation sites is 1.